The zero-order valence-electron chi connectivity index (χ0n) is 11.4. The molecule has 3 unspecified atom stereocenters. The van der Waals surface area contributed by atoms with E-state index >= 15 is 0 Å². The molecular formula is C16H25N. The Kier molecular flexibility index (Phi) is 3.88. The molecule has 0 saturated heterocycles. The standard InChI is InChI=1S/C16H25N/c1-4-13-6-8-16(17)15(10-13)14-7-5-11(2)12(3)9-14/h5,7,9,13,15-16H,4,6,8,10,17H2,1-3H3. The molecule has 1 nitrogen and oxygen atoms in total. The fourth-order valence-corrected chi connectivity index (χ4v) is 3.03. The summed E-state index contributed by atoms with van der Waals surface area (Å²) in [5.41, 5.74) is 10.5. The molecular weight excluding hydrogens is 206 g/mol. The van der Waals surface area contributed by atoms with Gasteiger partial charge in [0.15, 0.2) is 0 Å². The molecule has 3 atom stereocenters. The van der Waals surface area contributed by atoms with Crippen LogP contribution in [0.1, 0.15) is 55.2 Å². The van der Waals surface area contributed by atoms with Gasteiger partial charge in [0.05, 0.1) is 0 Å². The molecule has 0 amide bonds. The summed E-state index contributed by atoms with van der Waals surface area (Å²) in [5, 5.41) is 0. The second-order valence-corrected chi connectivity index (χ2v) is 5.70. The van der Waals surface area contributed by atoms with Crippen LogP contribution in [0.25, 0.3) is 0 Å². The van der Waals surface area contributed by atoms with Gasteiger partial charge in [0.2, 0.25) is 0 Å². The minimum Gasteiger partial charge on any atom is -0.327 e. The quantitative estimate of drug-likeness (QED) is 0.820. The summed E-state index contributed by atoms with van der Waals surface area (Å²) in [4.78, 5) is 0. The van der Waals surface area contributed by atoms with E-state index in [1.54, 1.807) is 0 Å². The van der Waals surface area contributed by atoms with Gasteiger partial charge in [0.25, 0.3) is 0 Å². The van der Waals surface area contributed by atoms with E-state index in [9.17, 15) is 0 Å². The van der Waals surface area contributed by atoms with Crippen molar-refractivity contribution in [3.05, 3.63) is 34.9 Å². The second kappa shape index (κ2) is 5.22. The largest absolute Gasteiger partial charge is 0.327 e. The van der Waals surface area contributed by atoms with Gasteiger partial charge in [-0.2, -0.15) is 0 Å². The van der Waals surface area contributed by atoms with Crippen molar-refractivity contribution in [2.24, 2.45) is 11.7 Å². The third-order valence-corrected chi connectivity index (χ3v) is 4.55. The van der Waals surface area contributed by atoms with Gasteiger partial charge in [-0.15, -0.1) is 0 Å². The van der Waals surface area contributed by atoms with Gasteiger partial charge < -0.3 is 5.73 Å². The van der Waals surface area contributed by atoms with Crippen molar-refractivity contribution in [2.75, 3.05) is 0 Å². The molecule has 1 aromatic carbocycles. The molecule has 0 aromatic heterocycles. The predicted octanol–water partition coefficient (Wildman–Crippen LogP) is 3.92. The molecule has 1 saturated carbocycles. The topological polar surface area (TPSA) is 26.0 Å². The third kappa shape index (κ3) is 2.71. The lowest BCUT2D eigenvalue weighted by atomic mass is 9.74. The molecule has 0 radical (unpaired) electrons. The predicted molar refractivity (Wildman–Crippen MR) is 74.3 cm³/mol. The van der Waals surface area contributed by atoms with Crippen LogP contribution in [0.3, 0.4) is 0 Å². The molecule has 0 bridgehead atoms. The molecule has 1 aliphatic rings. The summed E-state index contributed by atoms with van der Waals surface area (Å²) < 4.78 is 0. The van der Waals surface area contributed by atoms with Crippen LogP contribution in [-0.2, 0) is 0 Å². The molecule has 0 spiro atoms. The maximum Gasteiger partial charge on any atom is 0.0108 e. The van der Waals surface area contributed by atoms with E-state index in [0.29, 0.717) is 12.0 Å². The first-order chi connectivity index (χ1) is 8.11. The van der Waals surface area contributed by atoms with Crippen LogP contribution in [0, 0.1) is 19.8 Å². The molecule has 1 heteroatoms. The maximum absolute atomic E-state index is 6.32. The van der Waals surface area contributed by atoms with Gasteiger partial charge in [-0.3, -0.25) is 0 Å². The number of hydrogen-bond acceptors (Lipinski definition) is 1. The zero-order valence-corrected chi connectivity index (χ0v) is 11.4. The first-order valence-electron chi connectivity index (χ1n) is 6.94. The lowest BCUT2D eigenvalue weighted by Crippen LogP contribution is -2.34. The first kappa shape index (κ1) is 12.6. The van der Waals surface area contributed by atoms with Crippen molar-refractivity contribution in [1.82, 2.24) is 0 Å². The number of hydrogen-bond donors (Lipinski definition) is 1. The van der Waals surface area contributed by atoms with Gasteiger partial charge in [-0.05, 0) is 61.6 Å². The van der Waals surface area contributed by atoms with Gasteiger partial charge in [0.1, 0.15) is 0 Å². The highest BCUT2D eigenvalue weighted by molar-refractivity contribution is 5.33. The minimum absolute atomic E-state index is 0.361. The van der Waals surface area contributed by atoms with E-state index in [0.717, 1.165) is 5.92 Å². The Bertz CT molecular complexity index is 383. The molecule has 0 aliphatic heterocycles. The summed E-state index contributed by atoms with van der Waals surface area (Å²) >= 11 is 0. The van der Waals surface area contributed by atoms with Crippen molar-refractivity contribution in [3.8, 4) is 0 Å². The number of nitrogens with two attached hydrogens (primary N) is 1. The summed E-state index contributed by atoms with van der Waals surface area (Å²) in [6, 6.07) is 7.23. The molecule has 1 fully saturated rings. The Balaban J connectivity index is 2.21. The van der Waals surface area contributed by atoms with Crippen molar-refractivity contribution in [2.45, 2.75) is 58.4 Å². The van der Waals surface area contributed by atoms with Crippen LogP contribution in [-0.4, -0.2) is 6.04 Å². The van der Waals surface area contributed by atoms with E-state index in [1.165, 1.54) is 42.4 Å². The van der Waals surface area contributed by atoms with E-state index < -0.39 is 0 Å². The molecule has 2 N–H and O–H groups in total. The SMILES string of the molecule is CCC1CCC(N)C(c2ccc(C)c(C)c2)C1. The highest BCUT2D eigenvalue weighted by Gasteiger charge is 2.28. The summed E-state index contributed by atoms with van der Waals surface area (Å²) in [5.74, 6) is 1.45. The Morgan fingerprint density at radius 2 is 1.94 bits per heavy atom. The van der Waals surface area contributed by atoms with Gasteiger partial charge in [0, 0.05) is 6.04 Å². The van der Waals surface area contributed by atoms with Crippen LogP contribution in [0.4, 0.5) is 0 Å². The Labute approximate surface area is 105 Å². The van der Waals surface area contributed by atoms with Crippen molar-refractivity contribution >= 4 is 0 Å². The average Bonchev–Trinajstić information content (AvgIpc) is 2.33. The Morgan fingerprint density at radius 3 is 2.59 bits per heavy atom. The lowest BCUT2D eigenvalue weighted by molar-refractivity contribution is 0.282. The monoisotopic (exact) mass is 231 g/mol. The van der Waals surface area contributed by atoms with E-state index in [4.69, 9.17) is 5.73 Å². The third-order valence-electron chi connectivity index (χ3n) is 4.55. The fourth-order valence-electron chi connectivity index (χ4n) is 3.03. The molecule has 0 heterocycles. The summed E-state index contributed by atoms with van der Waals surface area (Å²) in [7, 11) is 0. The lowest BCUT2D eigenvalue weighted by Gasteiger charge is -2.34. The second-order valence-electron chi connectivity index (χ2n) is 5.70. The smallest absolute Gasteiger partial charge is 0.0108 e. The fraction of sp³-hybridized carbons (Fsp3) is 0.625. The highest BCUT2D eigenvalue weighted by atomic mass is 14.7. The van der Waals surface area contributed by atoms with E-state index in [2.05, 4.69) is 39.0 Å². The molecule has 17 heavy (non-hydrogen) atoms. The molecule has 1 aliphatic carbocycles. The zero-order chi connectivity index (χ0) is 12.4. The molecule has 1 aromatic rings. The van der Waals surface area contributed by atoms with Crippen molar-refractivity contribution < 1.29 is 0 Å². The Morgan fingerprint density at radius 1 is 1.18 bits per heavy atom. The normalized spacial score (nSPS) is 29.3. The number of benzene rings is 1. The molecule has 2 rings (SSSR count). The van der Waals surface area contributed by atoms with Crippen LogP contribution >= 0.6 is 0 Å². The number of aryl methyl sites for hydroxylation is 2. The highest BCUT2D eigenvalue weighted by Crippen LogP contribution is 2.37. The van der Waals surface area contributed by atoms with Crippen LogP contribution in [0.15, 0.2) is 18.2 Å². The summed E-state index contributed by atoms with van der Waals surface area (Å²) in [6.45, 7) is 6.68. The van der Waals surface area contributed by atoms with Gasteiger partial charge in [-0.1, -0.05) is 31.5 Å². The summed E-state index contributed by atoms with van der Waals surface area (Å²) in [6.07, 6.45) is 5.09. The van der Waals surface area contributed by atoms with Crippen molar-refractivity contribution in [1.29, 1.82) is 0 Å². The Hall–Kier alpha value is -0.820. The van der Waals surface area contributed by atoms with Crippen LogP contribution < -0.4 is 5.73 Å². The van der Waals surface area contributed by atoms with E-state index in [-0.39, 0.29) is 0 Å². The minimum atomic E-state index is 0.361. The maximum atomic E-state index is 6.32. The van der Waals surface area contributed by atoms with Crippen molar-refractivity contribution in [3.63, 3.8) is 0 Å². The van der Waals surface area contributed by atoms with Crippen LogP contribution in [0.2, 0.25) is 0 Å². The van der Waals surface area contributed by atoms with E-state index in [1.807, 2.05) is 0 Å². The van der Waals surface area contributed by atoms with Crippen LogP contribution in [0.5, 0.6) is 0 Å². The number of rotatable bonds is 2. The van der Waals surface area contributed by atoms with Gasteiger partial charge in [-0.25, -0.2) is 0 Å². The van der Waals surface area contributed by atoms with Gasteiger partial charge >= 0.3 is 0 Å². The average molecular weight is 231 g/mol. The molecule has 94 valence electrons. The first-order valence-corrected chi connectivity index (χ1v) is 6.94.